The van der Waals surface area contributed by atoms with Crippen molar-refractivity contribution in [2.45, 2.75) is 39.2 Å². The number of rotatable bonds is 10. The molecule has 5 N–H and O–H groups in total. The van der Waals surface area contributed by atoms with Crippen LogP contribution >= 0.6 is 0 Å². The summed E-state index contributed by atoms with van der Waals surface area (Å²) in [4.78, 5) is 26.9. The minimum Gasteiger partial charge on any atom is -0.368 e. The second kappa shape index (κ2) is 12.4. The largest absolute Gasteiger partial charge is 0.368 e. The van der Waals surface area contributed by atoms with Gasteiger partial charge in [-0.1, -0.05) is 50.2 Å². The van der Waals surface area contributed by atoms with Crippen LogP contribution in [0, 0.1) is 0 Å². The number of nitrogens with two attached hydrogens (primary N) is 1. The second-order valence-corrected chi connectivity index (χ2v) is 7.70. The molecular weight excluding hydrogens is 390 g/mol. The summed E-state index contributed by atoms with van der Waals surface area (Å²) in [5.41, 5.74) is 9.24. The first-order chi connectivity index (χ1) is 14.9. The minimum absolute atomic E-state index is 0.173. The smallest absolute Gasteiger partial charge is 0.251 e. The van der Waals surface area contributed by atoms with E-state index in [9.17, 15) is 9.59 Å². The summed E-state index contributed by atoms with van der Waals surface area (Å²) in [5, 5.41) is 9.06. The van der Waals surface area contributed by atoms with Gasteiger partial charge in [0.25, 0.3) is 5.91 Å². The van der Waals surface area contributed by atoms with E-state index in [1.54, 1.807) is 19.2 Å². The Kier molecular flexibility index (Phi) is 9.55. The highest BCUT2D eigenvalue weighted by Crippen LogP contribution is 2.15. The molecule has 2 aromatic carbocycles. The van der Waals surface area contributed by atoms with Crippen molar-refractivity contribution in [1.82, 2.24) is 16.0 Å². The highest BCUT2D eigenvalue weighted by atomic mass is 16.2. The number of hydrogen-bond acceptors (Lipinski definition) is 3. The fraction of sp³-hybridized carbons (Fsp3) is 0.375. The highest BCUT2D eigenvalue weighted by Gasteiger charge is 2.06. The van der Waals surface area contributed by atoms with Crippen LogP contribution in [0.2, 0.25) is 0 Å². The average molecular weight is 424 g/mol. The fourth-order valence-corrected chi connectivity index (χ4v) is 3.02. The Bertz CT molecular complexity index is 874. The Hall–Kier alpha value is -3.35. The number of benzene rings is 2. The van der Waals surface area contributed by atoms with Gasteiger partial charge < -0.3 is 21.7 Å². The van der Waals surface area contributed by atoms with E-state index in [0.717, 1.165) is 30.9 Å². The Morgan fingerprint density at radius 1 is 0.935 bits per heavy atom. The van der Waals surface area contributed by atoms with Crippen LogP contribution in [0.3, 0.4) is 0 Å². The number of aryl methyl sites for hydroxylation is 1. The normalized spacial score (nSPS) is 11.3. The van der Waals surface area contributed by atoms with E-state index in [1.165, 1.54) is 11.1 Å². The molecule has 0 aliphatic carbocycles. The van der Waals surface area contributed by atoms with Crippen molar-refractivity contribution in [3.63, 3.8) is 0 Å². The lowest BCUT2D eigenvalue weighted by atomic mass is 10.0. The number of carbonyl (C=O) groups is 2. The summed E-state index contributed by atoms with van der Waals surface area (Å²) in [6, 6.07) is 16.0. The lowest BCUT2D eigenvalue weighted by Gasteiger charge is -2.12. The molecule has 2 rings (SSSR count). The van der Waals surface area contributed by atoms with E-state index < -0.39 is 5.91 Å². The Morgan fingerprint density at radius 2 is 1.58 bits per heavy atom. The predicted octanol–water partition coefficient (Wildman–Crippen LogP) is 2.32. The Morgan fingerprint density at radius 3 is 2.16 bits per heavy atom. The average Bonchev–Trinajstić information content (AvgIpc) is 2.77. The number of nitrogens with one attached hydrogen (secondary N) is 3. The number of guanidine groups is 1. The van der Waals surface area contributed by atoms with Crippen LogP contribution in [0.1, 0.15) is 53.2 Å². The van der Waals surface area contributed by atoms with Gasteiger partial charge in [-0.3, -0.25) is 14.6 Å². The first kappa shape index (κ1) is 23.9. The number of nitrogens with zero attached hydrogens (tertiary/aromatic N) is 1. The maximum Gasteiger partial charge on any atom is 0.251 e. The van der Waals surface area contributed by atoms with E-state index >= 15 is 0 Å². The lowest BCUT2D eigenvalue weighted by molar-refractivity contribution is -0.117. The molecule has 2 amide bonds. The third kappa shape index (κ3) is 8.50. The van der Waals surface area contributed by atoms with Gasteiger partial charge in [-0.15, -0.1) is 0 Å². The number of hydrogen-bond donors (Lipinski definition) is 4. The zero-order chi connectivity index (χ0) is 22.6. The van der Waals surface area contributed by atoms with E-state index in [2.05, 4.69) is 59.1 Å². The van der Waals surface area contributed by atoms with Gasteiger partial charge in [-0.05, 0) is 47.6 Å². The van der Waals surface area contributed by atoms with Crippen molar-refractivity contribution in [2.75, 3.05) is 20.1 Å². The third-order valence-electron chi connectivity index (χ3n) is 4.90. The van der Waals surface area contributed by atoms with Crippen molar-refractivity contribution in [1.29, 1.82) is 0 Å². The molecule has 166 valence electrons. The molecule has 31 heavy (non-hydrogen) atoms. The van der Waals surface area contributed by atoms with Crippen molar-refractivity contribution >= 4 is 17.8 Å². The van der Waals surface area contributed by atoms with Gasteiger partial charge in [0.2, 0.25) is 5.91 Å². The van der Waals surface area contributed by atoms with Crippen LogP contribution in [0.25, 0.3) is 0 Å². The molecule has 0 unspecified atom stereocenters. The zero-order valence-corrected chi connectivity index (χ0v) is 18.6. The molecule has 0 bridgehead atoms. The van der Waals surface area contributed by atoms with Gasteiger partial charge in [0.15, 0.2) is 5.96 Å². The topological polar surface area (TPSA) is 109 Å². The molecule has 0 radical (unpaired) electrons. The maximum atomic E-state index is 11.9. The summed E-state index contributed by atoms with van der Waals surface area (Å²) in [7, 11) is 1.74. The lowest BCUT2D eigenvalue weighted by Crippen LogP contribution is -2.37. The minimum atomic E-state index is -0.572. The van der Waals surface area contributed by atoms with Crippen LogP contribution < -0.4 is 21.7 Å². The summed E-state index contributed by atoms with van der Waals surface area (Å²) < 4.78 is 0. The molecule has 0 heterocycles. The molecule has 7 nitrogen and oxygen atoms in total. The van der Waals surface area contributed by atoms with Crippen LogP contribution in [0.15, 0.2) is 53.5 Å². The van der Waals surface area contributed by atoms with E-state index in [1.807, 2.05) is 12.1 Å². The van der Waals surface area contributed by atoms with Gasteiger partial charge in [-0.2, -0.15) is 0 Å². The molecule has 7 heteroatoms. The van der Waals surface area contributed by atoms with Crippen LogP contribution in [0.5, 0.6) is 0 Å². The van der Waals surface area contributed by atoms with Crippen LogP contribution in [-0.4, -0.2) is 37.9 Å². The number of carbonyl (C=O) groups excluding carboxylic acids is 2. The molecule has 2 aromatic rings. The van der Waals surface area contributed by atoms with Gasteiger partial charge in [0.05, 0.1) is 6.54 Å². The maximum absolute atomic E-state index is 11.9. The quantitative estimate of drug-likeness (QED) is 0.267. The Labute approximate surface area is 184 Å². The van der Waals surface area contributed by atoms with Crippen molar-refractivity contribution in [3.05, 3.63) is 70.8 Å². The summed E-state index contributed by atoms with van der Waals surface area (Å²) in [6.45, 7) is 5.64. The molecule has 0 aromatic heterocycles. The highest BCUT2D eigenvalue weighted by molar-refractivity contribution is 5.96. The SMILES string of the molecule is CN=C(NCCCc1ccc(C(C)C)cc1)NCc1ccc(C(=O)NCC(N)=O)cc1. The monoisotopic (exact) mass is 423 g/mol. The first-order valence-electron chi connectivity index (χ1n) is 10.6. The number of aliphatic imine (C=N–C) groups is 1. The molecular formula is C24H33N5O2. The number of primary amides is 1. The van der Waals surface area contributed by atoms with Crippen LogP contribution in [-0.2, 0) is 17.8 Å². The summed E-state index contributed by atoms with van der Waals surface area (Å²) in [5.74, 6) is 0.394. The van der Waals surface area contributed by atoms with Crippen molar-refractivity contribution in [2.24, 2.45) is 10.7 Å². The zero-order valence-electron chi connectivity index (χ0n) is 18.6. The summed E-state index contributed by atoms with van der Waals surface area (Å²) in [6.07, 6.45) is 2.03. The first-order valence-corrected chi connectivity index (χ1v) is 10.6. The number of amides is 2. The molecule has 0 aliphatic rings. The predicted molar refractivity (Wildman–Crippen MR) is 125 cm³/mol. The molecule has 0 fully saturated rings. The molecule has 0 saturated carbocycles. The van der Waals surface area contributed by atoms with Crippen molar-refractivity contribution in [3.8, 4) is 0 Å². The van der Waals surface area contributed by atoms with E-state index in [-0.39, 0.29) is 12.5 Å². The molecule has 0 atom stereocenters. The van der Waals surface area contributed by atoms with Gasteiger partial charge >= 0.3 is 0 Å². The second-order valence-electron chi connectivity index (χ2n) is 7.70. The summed E-state index contributed by atoms with van der Waals surface area (Å²) >= 11 is 0. The van der Waals surface area contributed by atoms with Crippen LogP contribution in [0.4, 0.5) is 0 Å². The third-order valence-corrected chi connectivity index (χ3v) is 4.90. The Balaban J connectivity index is 1.71. The van der Waals surface area contributed by atoms with E-state index in [4.69, 9.17) is 5.73 Å². The molecule has 0 aliphatic heterocycles. The van der Waals surface area contributed by atoms with Gasteiger partial charge in [0, 0.05) is 25.7 Å². The standard InChI is InChI=1S/C24H33N5O2/c1-17(2)20-10-6-18(7-11-20)5-4-14-27-24(26-3)29-15-19-8-12-21(13-9-19)23(31)28-16-22(25)30/h6-13,17H,4-5,14-16H2,1-3H3,(H2,25,30)(H,28,31)(H2,26,27,29). The molecule has 0 spiro atoms. The molecule has 0 saturated heterocycles. The van der Waals surface area contributed by atoms with E-state index in [0.29, 0.717) is 18.0 Å². The van der Waals surface area contributed by atoms with Gasteiger partial charge in [0.1, 0.15) is 0 Å². The fourth-order valence-electron chi connectivity index (χ4n) is 3.02. The van der Waals surface area contributed by atoms with Crippen molar-refractivity contribution < 1.29 is 9.59 Å². The van der Waals surface area contributed by atoms with Gasteiger partial charge in [-0.25, -0.2) is 0 Å².